The fraction of sp³-hybridized carbons (Fsp3) is 0.400. The first-order chi connectivity index (χ1) is 11.2. The van der Waals surface area contributed by atoms with Crippen LogP contribution in [0, 0.1) is 20.8 Å². The number of carbonyl (C=O) groups excluding carboxylic acids is 2. The Bertz CT molecular complexity index is 774. The number of aromatic amines is 1. The molecule has 2 aromatic rings. The lowest BCUT2D eigenvalue weighted by atomic mass is 10.0. The zero-order chi connectivity index (χ0) is 18.0. The van der Waals surface area contributed by atoms with E-state index in [4.69, 9.17) is 0 Å². The molecular formula is C20H27N2O2+. The van der Waals surface area contributed by atoms with E-state index in [0.717, 1.165) is 22.7 Å². The van der Waals surface area contributed by atoms with E-state index in [1.165, 1.54) is 18.1 Å². The Kier molecular flexibility index (Phi) is 5.40. The number of nitrogens with one attached hydrogen (secondary N) is 2. The Morgan fingerprint density at radius 2 is 1.79 bits per heavy atom. The van der Waals surface area contributed by atoms with Crippen LogP contribution in [0.5, 0.6) is 0 Å². The van der Waals surface area contributed by atoms with Gasteiger partial charge in [-0.15, -0.1) is 0 Å². The van der Waals surface area contributed by atoms with E-state index < -0.39 is 0 Å². The minimum absolute atomic E-state index is 0.00596. The Morgan fingerprint density at radius 1 is 1.17 bits per heavy atom. The van der Waals surface area contributed by atoms with Gasteiger partial charge in [-0.3, -0.25) is 9.59 Å². The number of carbonyl (C=O) groups is 2. The molecule has 0 saturated heterocycles. The summed E-state index contributed by atoms with van der Waals surface area (Å²) in [5, 5.41) is 0. The smallest absolute Gasteiger partial charge is 0.235 e. The normalized spacial score (nSPS) is 13.6. The molecule has 4 heteroatoms. The summed E-state index contributed by atoms with van der Waals surface area (Å²) in [4.78, 5) is 28.9. The third kappa shape index (κ3) is 3.49. The summed E-state index contributed by atoms with van der Waals surface area (Å²) >= 11 is 0. The van der Waals surface area contributed by atoms with E-state index in [1.807, 2.05) is 40.0 Å². The summed E-state index contributed by atoms with van der Waals surface area (Å²) < 4.78 is 0. The monoisotopic (exact) mass is 327 g/mol. The van der Waals surface area contributed by atoms with Gasteiger partial charge in [0, 0.05) is 16.8 Å². The van der Waals surface area contributed by atoms with Crippen molar-refractivity contribution in [3.8, 4) is 0 Å². The largest absolute Gasteiger partial charge is 0.355 e. The number of quaternary nitrogens is 1. The number of hydrogen-bond acceptors (Lipinski definition) is 2. The first-order valence-corrected chi connectivity index (χ1v) is 8.35. The lowest BCUT2D eigenvalue weighted by molar-refractivity contribution is -0.907. The van der Waals surface area contributed by atoms with E-state index in [1.54, 1.807) is 0 Å². The first-order valence-electron chi connectivity index (χ1n) is 8.35. The molecular weight excluding hydrogens is 300 g/mol. The zero-order valence-corrected chi connectivity index (χ0v) is 15.4. The number of benzene rings is 1. The van der Waals surface area contributed by atoms with Gasteiger partial charge in [-0.1, -0.05) is 24.3 Å². The maximum atomic E-state index is 12.9. The number of hydrogen-bond donors (Lipinski definition) is 2. The third-order valence-electron chi connectivity index (χ3n) is 4.90. The summed E-state index contributed by atoms with van der Waals surface area (Å²) in [6, 6.07) is 8.05. The van der Waals surface area contributed by atoms with Gasteiger partial charge in [0.2, 0.25) is 5.78 Å². The van der Waals surface area contributed by atoms with Crippen LogP contribution in [0.3, 0.4) is 0 Å². The van der Waals surface area contributed by atoms with Gasteiger partial charge in [-0.2, -0.15) is 0 Å². The highest BCUT2D eigenvalue weighted by Gasteiger charge is 2.28. The number of aromatic nitrogens is 1. The van der Waals surface area contributed by atoms with Crippen LogP contribution in [0.25, 0.3) is 0 Å². The van der Waals surface area contributed by atoms with Crippen LogP contribution in [0.4, 0.5) is 0 Å². The number of Topliss-reactive ketones (excluding diaryl/α,β-unsaturated/α-hetero) is 2. The molecule has 2 rings (SSSR count). The van der Waals surface area contributed by atoms with Crippen LogP contribution in [-0.4, -0.2) is 29.6 Å². The Balaban J connectivity index is 2.22. The standard InChI is InChI=1S/C20H26N2O2/c1-12-9-7-8-10-17(12)11-22(6)15(4)20(24)19-13(2)18(16(5)23)14(3)21-19/h7-10,15,21H,11H2,1-6H3/p+1/t15-/m1/s1. The van der Waals surface area contributed by atoms with Gasteiger partial charge in [-0.25, -0.2) is 0 Å². The van der Waals surface area contributed by atoms with E-state index in [9.17, 15) is 9.59 Å². The lowest BCUT2D eigenvalue weighted by Gasteiger charge is -2.21. The van der Waals surface area contributed by atoms with Crippen molar-refractivity contribution in [1.29, 1.82) is 0 Å². The number of likely N-dealkylation sites (N-methyl/N-ethyl adjacent to an activating group) is 1. The fourth-order valence-electron chi connectivity index (χ4n) is 3.23. The van der Waals surface area contributed by atoms with E-state index in [2.05, 4.69) is 24.0 Å². The van der Waals surface area contributed by atoms with Crippen LogP contribution in [0.2, 0.25) is 0 Å². The van der Waals surface area contributed by atoms with Gasteiger partial charge in [-0.05, 0) is 45.7 Å². The number of H-pyrrole nitrogens is 1. The molecule has 1 aromatic heterocycles. The summed E-state index contributed by atoms with van der Waals surface area (Å²) in [6.45, 7) is 10.0. The van der Waals surface area contributed by atoms with Gasteiger partial charge in [0.25, 0.3) is 0 Å². The number of aryl methyl sites for hydroxylation is 2. The average molecular weight is 327 g/mol. The topological polar surface area (TPSA) is 54.4 Å². The minimum Gasteiger partial charge on any atom is -0.355 e. The SMILES string of the molecule is CC(=O)c1c(C)[nH]c(C(=O)[C@@H](C)[NH+](C)Cc2ccccc2C)c1C. The summed E-state index contributed by atoms with van der Waals surface area (Å²) in [6.07, 6.45) is 0. The molecule has 0 fully saturated rings. The van der Waals surface area contributed by atoms with Crippen molar-refractivity contribution in [2.75, 3.05) is 7.05 Å². The van der Waals surface area contributed by atoms with E-state index in [0.29, 0.717) is 11.3 Å². The second kappa shape index (κ2) is 7.14. The summed E-state index contributed by atoms with van der Waals surface area (Å²) in [5.74, 6) is 0.0442. The van der Waals surface area contributed by atoms with Crippen molar-refractivity contribution < 1.29 is 14.5 Å². The fourth-order valence-corrected chi connectivity index (χ4v) is 3.23. The predicted octanol–water partition coefficient (Wildman–Crippen LogP) is 2.43. The highest BCUT2D eigenvalue weighted by atomic mass is 16.1. The maximum absolute atomic E-state index is 12.9. The Hall–Kier alpha value is -2.20. The Morgan fingerprint density at radius 3 is 2.33 bits per heavy atom. The second-order valence-corrected chi connectivity index (χ2v) is 6.72. The van der Waals surface area contributed by atoms with Crippen LogP contribution in [0.15, 0.2) is 24.3 Å². The molecule has 0 aliphatic rings. The number of rotatable bonds is 6. The molecule has 0 bridgehead atoms. The van der Waals surface area contributed by atoms with Gasteiger partial charge in [0.05, 0.1) is 12.7 Å². The van der Waals surface area contributed by atoms with Crippen LogP contribution >= 0.6 is 0 Å². The molecule has 2 N–H and O–H groups in total. The molecule has 1 aromatic carbocycles. The number of ketones is 2. The molecule has 1 unspecified atom stereocenters. The molecule has 0 aliphatic carbocycles. The summed E-state index contributed by atoms with van der Waals surface area (Å²) in [5.41, 5.74) is 5.23. The highest BCUT2D eigenvalue weighted by molar-refractivity contribution is 6.04. The quantitative estimate of drug-likeness (QED) is 0.801. The van der Waals surface area contributed by atoms with Crippen molar-refractivity contribution in [2.24, 2.45) is 0 Å². The second-order valence-electron chi connectivity index (χ2n) is 6.72. The van der Waals surface area contributed by atoms with Crippen molar-refractivity contribution in [1.82, 2.24) is 4.98 Å². The van der Waals surface area contributed by atoms with Crippen molar-refractivity contribution in [3.05, 3.63) is 57.9 Å². The van der Waals surface area contributed by atoms with Crippen LogP contribution in [-0.2, 0) is 6.54 Å². The molecule has 1 heterocycles. The predicted molar refractivity (Wildman–Crippen MR) is 95.8 cm³/mol. The van der Waals surface area contributed by atoms with Gasteiger partial charge >= 0.3 is 0 Å². The minimum atomic E-state index is -0.193. The lowest BCUT2D eigenvalue weighted by Crippen LogP contribution is -3.12. The summed E-state index contributed by atoms with van der Waals surface area (Å²) in [7, 11) is 2.03. The van der Waals surface area contributed by atoms with Crippen molar-refractivity contribution in [3.63, 3.8) is 0 Å². The van der Waals surface area contributed by atoms with Gasteiger partial charge < -0.3 is 9.88 Å². The highest BCUT2D eigenvalue weighted by Crippen LogP contribution is 2.19. The molecule has 2 atom stereocenters. The van der Waals surface area contributed by atoms with Gasteiger partial charge in [0.15, 0.2) is 11.8 Å². The first kappa shape index (κ1) is 18.1. The van der Waals surface area contributed by atoms with Gasteiger partial charge in [0.1, 0.15) is 6.54 Å². The van der Waals surface area contributed by atoms with Crippen LogP contribution < -0.4 is 4.90 Å². The molecule has 0 saturated carbocycles. The average Bonchev–Trinajstić information content (AvgIpc) is 2.82. The van der Waals surface area contributed by atoms with E-state index in [-0.39, 0.29) is 17.6 Å². The van der Waals surface area contributed by atoms with Crippen molar-refractivity contribution in [2.45, 2.75) is 47.2 Å². The zero-order valence-electron chi connectivity index (χ0n) is 15.4. The molecule has 0 spiro atoms. The van der Waals surface area contributed by atoms with Crippen molar-refractivity contribution >= 4 is 11.6 Å². The van der Waals surface area contributed by atoms with Crippen LogP contribution in [0.1, 0.15) is 57.1 Å². The molecule has 4 nitrogen and oxygen atoms in total. The maximum Gasteiger partial charge on any atom is 0.235 e. The third-order valence-corrected chi connectivity index (χ3v) is 4.90. The Labute approximate surface area is 143 Å². The molecule has 0 radical (unpaired) electrons. The molecule has 24 heavy (non-hydrogen) atoms. The van der Waals surface area contributed by atoms with E-state index >= 15 is 0 Å². The molecule has 0 amide bonds. The molecule has 128 valence electrons. The molecule has 0 aliphatic heterocycles.